The third kappa shape index (κ3) is 4.65. The van der Waals surface area contributed by atoms with Crippen molar-refractivity contribution in [3.8, 4) is 44.5 Å². The minimum Gasteiger partial charge on any atom is -0.244 e. The van der Waals surface area contributed by atoms with Crippen molar-refractivity contribution in [2.75, 3.05) is 0 Å². The van der Waals surface area contributed by atoms with Crippen LogP contribution in [0.1, 0.15) is 5.69 Å². The third-order valence-corrected chi connectivity index (χ3v) is 9.54. The third-order valence-electron chi connectivity index (χ3n) is 9.54. The SMILES string of the molecule is Cc1ncncc1-c1ccc(-c2ccc3c(-c4ccc5ccccc5c4)c4ccccc4c(-c4ccc5ccccc5c4)c3c2)cc1. The van der Waals surface area contributed by atoms with Gasteiger partial charge < -0.3 is 0 Å². The summed E-state index contributed by atoms with van der Waals surface area (Å²) in [5.74, 6) is 0. The minimum absolute atomic E-state index is 0.978. The highest BCUT2D eigenvalue weighted by Gasteiger charge is 2.18. The van der Waals surface area contributed by atoms with Crippen LogP contribution in [0.2, 0.25) is 0 Å². The second kappa shape index (κ2) is 11.0. The maximum Gasteiger partial charge on any atom is 0.115 e. The van der Waals surface area contributed by atoms with E-state index in [0.717, 1.165) is 16.8 Å². The van der Waals surface area contributed by atoms with E-state index in [4.69, 9.17) is 0 Å². The summed E-state index contributed by atoms with van der Waals surface area (Å²) in [5, 5.41) is 10.00. The molecule has 8 aromatic carbocycles. The fourth-order valence-electron chi connectivity index (χ4n) is 7.19. The lowest BCUT2D eigenvalue weighted by Gasteiger charge is -2.19. The van der Waals surface area contributed by atoms with Crippen molar-refractivity contribution in [2.24, 2.45) is 0 Å². The first-order valence-corrected chi connectivity index (χ1v) is 16.1. The molecule has 0 bridgehead atoms. The average Bonchev–Trinajstić information content (AvgIpc) is 3.13. The van der Waals surface area contributed by atoms with Crippen LogP contribution in [-0.4, -0.2) is 9.97 Å². The Morgan fingerprint density at radius 2 is 0.872 bits per heavy atom. The van der Waals surface area contributed by atoms with Crippen molar-refractivity contribution >= 4 is 43.1 Å². The Hall–Kier alpha value is -6.12. The van der Waals surface area contributed by atoms with Gasteiger partial charge >= 0.3 is 0 Å². The largest absolute Gasteiger partial charge is 0.244 e. The summed E-state index contributed by atoms with van der Waals surface area (Å²) in [6.07, 6.45) is 3.49. The summed E-state index contributed by atoms with van der Waals surface area (Å²) in [6.45, 7) is 2.03. The van der Waals surface area contributed by atoms with Gasteiger partial charge in [0.2, 0.25) is 0 Å². The van der Waals surface area contributed by atoms with E-state index in [0.29, 0.717) is 0 Å². The molecule has 47 heavy (non-hydrogen) atoms. The van der Waals surface area contributed by atoms with Crippen molar-refractivity contribution in [3.05, 3.63) is 170 Å². The van der Waals surface area contributed by atoms with E-state index in [9.17, 15) is 0 Å². The predicted octanol–water partition coefficient (Wildman–Crippen LogP) is 12.1. The molecule has 0 aliphatic rings. The quantitative estimate of drug-likeness (QED) is 0.188. The molecule has 0 N–H and O–H groups in total. The van der Waals surface area contributed by atoms with E-state index in [2.05, 4.69) is 162 Å². The number of fused-ring (bicyclic) bond motifs is 4. The highest BCUT2D eigenvalue weighted by molar-refractivity contribution is 6.22. The minimum atomic E-state index is 0.978. The first-order valence-electron chi connectivity index (χ1n) is 16.1. The van der Waals surface area contributed by atoms with Crippen LogP contribution in [0.15, 0.2) is 164 Å². The molecule has 0 radical (unpaired) electrons. The zero-order chi connectivity index (χ0) is 31.3. The molecule has 0 unspecified atom stereocenters. The number of benzene rings is 8. The van der Waals surface area contributed by atoms with Gasteiger partial charge in [0, 0.05) is 17.5 Å². The van der Waals surface area contributed by atoms with Gasteiger partial charge in [-0.25, -0.2) is 9.97 Å². The maximum absolute atomic E-state index is 4.39. The zero-order valence-electron chi connectivity index (χ0n) is 26.0. The van der Waals surface area contributed by atoms with Crippen LogP contribution in [0.25, 0.3) is 87.6 Å². The van der Waals surface area contributed by atoms with Crippen LogP contribution >= 0.6 is 0 Å². The molecule has 2 nitrogen and oxygen atoms in total. The molecule has 1 heterocycles. The summed E-state index contributed by atoms with van der Waals surface area (Å²) >= 11 is 0. The summed E-state index contributed by atoms with van der Waals surface area (Å²) in [6, 6.07) is 55.7. The molecule has 9 rings (SSSR count). The van der Waals surface area contributed by atoms with Gasteiger partial charge in [0.25, 0.3) is 0 Å². The Balaban J connectivity index is 1.32. The molecular weight excluding hydrogens is 569 g/mol. The van der Waals surface area contributed by atoms with Gasteiger partial charge in [-0.2, -0.15) is 0 Å². The fraction of sp³-hybridized carbons (Fsp3) is 0.0222. The van der Waals surface area contributed by atoms with Crippen LogP contribution in [0.3, 0.4) is 0 Å². The number of nitrogens with zero attached hydrogens (tertiary/aromatic N) is 2. The molecule has 0 amide bonds. The molecule has 0 saturated heterocycles. The summed E-state index contributed by atoms with van der Waals surface area (Å²) in [4.78, 5) is 8.65. The predicted molar refractivity (Wildman–Crippen MR) is 199 cm³/mol. The van der Waals surface area contributed by atoms with Crippen LogP contribution in [0.5, 0.6) is 0 Å². The van der Waals surface area contributed by atoms with Crippen molar-refractivity contribution in [3.63, 3.8) is 0 Å². The van der Waals surface area contributed by atoms with E-state index in [1.165, 1.54) is 76.5 Å². The molecule has 0 aliphatic carbocycles. The van der Waals surface area contributed by atoms with E-state index >= 15 is 0 Å². The highest BCUT2D eigenvalue weighted by Crippen LogP contribution is 2.45. The van der Waals surface area contributed by atoms with Gasteiger partial charge in [-0.15, -0.1) is 0 Å². The van der Waals surface area contributed by atoms with Gasteiger partial charge in [-0.1, -0.05) is 133 Å². The zero-order valence-corrected chi connectivity index (χ0v) is 26.0. The lowest BCUT2D eigenvalue weighted by Crippen LogP contribution is -1.92. The van der Waals surface area contributed by atoms with Crippen molar-refractivity contribution in [2.45, 2.75) is 6.92 Å². The van der Waals surface area contributed by atoms with Crippen LogP contribution < -0.4 is 0 Å². The van der Waals surface area contributed by atoms with Crippen molar-refractivity contribution in [1.82, 2.24) is 9.97 Å². The lowest BCUT2D eigenvalue weighted by molar-refractivity contribution is 1.11. The van der Waals surface area contributed by atoms with E-state index < -0.39 is 0 Å². The first kappa shape index (κ1) is 27.2. The normalized spacial score (nSPS) is 11.5. The molecule has 1 aromatic heterocycles. The number of hydrogen-bond donors (Lipinski definition) is 0. The molecule has 0 atom stereocenters. The van der Waals surface area contributed by atoms with Crippen molar-refractivity contribution < 1.29 is 0 Å². The van der Waals surface area contributed by atoms with E-state index in [1.54, 1.807) is 6.33 Å². The number of aryl methyl sites for hydroxylation is 1. The van der Waals surface area contributed by atoms with Gasteiger partial charge in [0.1, 0.15) is 6.33 Å². The number of aromatic nitrogens is 2. The fourth-order valence-corrected chi connectivity index (χ4v) is 7.19. The molecule has 0 saturated carbocycles. The lowest BCUT2D eigenvalue weighted by atomic mass is 9.84. The Kier molecular flexibility index (Phi) is 6.39. The molecule has 9 aromatic rings. The Labute approximate surface area is 273 Å². The summed E-state index contributed by atoms with van der Waals surface area (Å²) < 4.78 is 0. The maximum atomic E-state index is 4.39. The highest BCUT2D eigenvalue weighted by atomic mass is 14.8. The summed E-state index contributed by atoms with van der Waals surface area (Å²) in [5.41, 5.74) is 10.5. The second-order valence-electron chi connectivity index (χ2n) is 12.3. The second-order valence-corrected chi connectivity index (χ2v) is 12.3. The molecule has 0 aliphatic heterocycles. The smallest absolute Gasteiger partial charge is 0.115 e. The van der Waals surface area contributed by atoms with Crippen molar-refractivity contribution in [1.29, 1.82) is 0 Å². The average molecular weight is 599 g/mol. The van der Waals surface area contributed by atoms with Crippen LogP contribution in [-0.2, 0) is 0 Å². The van der Waals surface area contributed by atoms with Gasteiger partial charge in [-0.3, -0.25) is 0 Å². The summed E-state index contributed by atoms with van der Waals surface area (Å²) in [7, 11) is 0. The molecule has 220 valence electrons. The standard InChI is InChI=1S/C45H30N2/c1-29-43(27-46-28-47-29)33-18-14-32(15-19-33)36-22-23-41-42(26-36)45(38-21-17-31-9-3-5-11-35(31)25-38)40-13-7-6-12-39(40)44(41)37-20-16-30-8-2-4-10-34(30)24-37/h2-28H,1H3. The first-order chi connectivity index (χ1) is 23.2. The number of rotatable bonds is 4. The molecular formula is C45H30N2. The van der Waals surface area contributed by atoms with Crippen LogP contribution in [0, 0.1) is 6.92 Å². The van der Waals surface area contributed by atoms with Gasteiger partial charge in [-0.05, 0) is 107 Å². The van der Waals surface area contributed by atoms with Gasteiger partial charge in [0.15, 0.2) is 0 Å². The van der Waals surface area contributed by atoms with Gasteiger partial charge in [0.05, 0.1) is 0 Å². The molecule has 0 fully saturated rings. The van der Waals surface area contributed by atoms with Crippen LogP contribution in [0.4, 0.5) is 0 Å². The monoisotopic (exact) mass is 598 g/mol. The molecule has 0 spiro atoms. The Morgan fingerprint density at radius 1 is 0.383 bits per heavy atom. The molecule has 2 heteroatoms. The van der Waals surface area contributed by atoms with E-state index in [1.807, 2.05) is 13.1 Å². The van der Waals surface area contributed by atoms with E-state index in [-0.39, 0.29) is 0 Å². The number of hydrogen-bond acceptors (Lipinski definition) is 2. The Morgan fingerprint density at radius 3 is 1.49 bits per heavy atom. The topological polar surface area (TPSA) is 25.8 Å². The Bertz CT molecular complexity index is 2630.